The van der Waals surface area contributed by atoms with Gasteiger partial charge in [0, 0.05) is 0 Å². The summed E-state index contributed by atoms with van der Waals surface area (Å²) < 4.78 is 0. The molecule has 23 heavy (non-hydrogen) atoms. The van der Waals surface area contributed by atoms with Gasteiger partial charge >= 0.3 is 0 Å². The molecule has 3 aliphatic rings. The molecular formula is C23H40. The lowest BCUT2D eigenvalue weighted by Gasteiger charge is -2.41. The Balaban J connectivity index is 1.38. The van der Waals surface area contributed by atoms with Crippen molar-refractivity contribution < 1.29 is 0 Å². The first-order valence-corrected chi connectivity index (χ1v) is 10.9. The highest BCUT2D eigenvalue weighted by atomic mass is 14.4. The molecule has 3 saturated carbocycles. The molecule has 0 saturated heterocycles. The fourth-order valence-electron chi connectivity index (χ4n) is 6.07. The van der Waals surface area contributed by atoms with Crippen LogP contribution in [0.3, 0.4) is 0 Å². The first-order valence-electron chi connectivity index (χ1n) is 10.9. The molecule has 0 radical (unpaired) electrons. The summed E-state index contributed by atoms with van der Waals surface area (Å²) in [6.07, 6.45) is 24.5. The van der Waals surface area contributed by atoms with Crippen LogP contribution in [0.4, 0.5) is 0 Å². The smallest absolute Gasteiger partial charge is 0.0322 e. The summed E-state index contributed by atoms with van der Waals surface area (Å²) in [5.74, 6) is 6.40. The molecule has 132 valence electrons. The minimum absolute atomic E-state index is 1.00. The minimum atomic E-state index is 1.00. The highest BCUT2D eigenvalue weighted by molar-refractivity contribution is 4.87. The summed E-state index contributed by atoms with van der Waals surface area (Å²) >= 11 is 0. The Morgan fingerprint density at radius 1 is 0.609 bits per heavy atom. The Labute approximate surface area is 145 Å². The van der Waals surface area contributed by atoms with Crippen LogP contribution in [-0.2, 0) is 0 Å². The van der Waals surface area contributed by atoms with Gasteiger partial charge in [0.1, 0.15) is 0 Å². The summed E-state index contributed by atoms with van der Waals surface area (Å²) in [6, 6.07) is 0. The second-order valence-corrected chi connectivity index (χ2v) is 9.28. The van der Waals surface area contributed by atoms with E-state index in [0.717, 1.165) is 35.5 Å². The van der Waals surface area contributed by atoms with E-state index >= 15 is 0 Å². The zero-order valence-electron chi connectivity index (χ0n) is 15.8. The van der Waals surface area contributed by atoms with Crippen molar-refractivity contribution in [2.75, 3.05) is 0 Å². The Bertz CT molecular complexity index is 344. The van der Waals surface area contributed by atoms with E-state index in [2.05, 4.69) is 26.0 Å². The van der Waals surface area contributed by atoms with Gasteiger partial charge in [-0.15, -0.1) is 0 Å². The Kier molecular flexibility index (Phi) is 6.66. The van der Waals surface area contributed by atoms with Crippen LogP contribution < -0.4 is 0 Å². The van der Waals surface area contributed by atoms with Crippen LogP contribution in [0.25, 0.3) is 0 Å². The summed E-state index contributed by atoms with van der Waals surface area (Å²) in [6.45, 7) is 4.62. The third kappa shape index (κ3) is 4.86. The van der Waals surface area contributed by atoms with Crippen molar-refractivity contribution in [3.8, 4) is 0 Å². The number of hydrogen-bond acceptors (Lipinski definition) is 0. The molecule has 0 N–H and O–H groups in total. The van der Waals surface area contributed by atoms with Gasteiger partial charge in [0.25, 0.3) is 0 Å². The zero-order valence-corrected chi connectivity index (χ0v) is 15.8. The van der Waals surface area contributed by atoms with E-state index in [0.29, 0.717) is 0 Å². The Morgan fingerprint density at radius 3 is 1.43 bits per heavy atom. The van der Waals surface area contributed by atoms with Gasteiger partial charge in [-0.2, -0.15) is 0 Å². The van der Waals surface area contributed by atoms with Gasteiger partial charge in [-0.3, -0.25) is 0 Å². The third-order valence-electron chi connectivity index (χ3n) is 7.81. The summed E-state index contributed by atoms with van der Waals surface area (Å²) in [4.78, 5) is 0. The van der Waals surface area contributed by atoms with E-state index in [4.69, 9.17) is 0 Å². The van der Waals surface area contributed by atoms with Crippen LogP contribution in [0, 0.1) is 35.5 Å². The van der Waals surface area contributed by atoms with Crippen molar-refractivity contribution in [2.45, 2.75) is 97.3 Å². The van der Waals surface area contributed by atoms with E-state index < -0.39 is 0 Å². The molecule has 3 fully saturated rings. The zero-order chi connectivity index (χ0) is 16.1. The average molecular weight is 317 g/mol. The monoisotopic (exact) mass is 316 g/mol. The standard InChI is InChI=1S/C23H40/c1-3-4-5-19-8-12-21(13-9-19)23-16-14-22(15-17-23)20-10-6-18(2)7-11-20/h3-4,18-23H,5-17H2,1-2H3/b4-3+. The van der Waals surface area contributed by atoms with Crippen molar-refractivity contribution in [2.24, 2.45) is 35.5 Å². The van der Waals surface area contributed by atoms with Crippen LogP contribution in [0.5, 0.6) is 0 Å². The van der Waals surface area contributed by atoms with Crippen molar-refractivity contribution in [3.63, 3.8) is 0 Å². The maximum Gasteiger partial charge on any atom is -0.0322 e. The molecule has 0 amide bonds. The van der Waals surface area contributed by atoms with Gasteiger partial charge in [0.15, 0.2) is 0 Å². The summed E-state index contributed by atoms with van der Waals surface area (Å²) in [5.41, 5.74) is 0. The van der Waals surface area contributed by atoms with Crippen LogP contribution >= 0.6 is 0 Å². The highest BCUT2D eigenvalue weighted by Crippen LogP contribution is 2.46. The first kappa shape index (κ1) is 17.6. The van der Waals surface area contributed by atoms with Gasteiger partial charge in [0.2, 0.25) is 0 Å². The predicted molar refractivity (Wildman–Crippen MR) is 101 cm³/mol. The van der Waals surface area contributed by atoms with Crippen LogP contribution in [0.2, 0.25) is 0 Å². The normalized spacial score (nSPS) is 42.9. The number of rotatable bonds is 4. The molecule has 0 aromatic rings. The van der Waals surface area contributed by atoms with E-state index in [1.165, 1.54) is 32.1 Å². The second kappa shape index (κ2) is 8.72. The molecule has 0 bridgehead atoms. The molecule has 0 aromatic heterocycles. The molecule has 0 heterocycles. The Morgan fingerprint density at radius 2 is 1.00 bits per heavy atom. The molecule has 3 rings (SSSR count). The van der Waals surface area contributed by atoms with E-state index in [1.54, 1.807) is 51.4 Å². The van der Waals surface area contributed by atoms with Crippen LogP contribution in [0.15, 0.2) is 12.2 Å². The SMILES string of the molecule is C/C=C/CC1CCC(C2CCC(C3CCC(C)CC3)CC2)CC1. The molecule has 3 aliphatic carbocycles. The van der Waals surface area contributed by atoms with Crippen LogP contribution in [0.1, 0.15) is 97.3 Å². The second-order valence-electron chi connectivity index (χ2n) is 9.28. The quantitative estimate of drug-likeness (QED) is 0.474. The maximum absolute atomic E-state index is 2.46. The lowest BCUT2D eigenvalue weighted by atomic mass is 9.65. The molecule has 0 aromatic carbocycles. The van der Waals surface area contributed by atoms with Crippen molar-refractivity contribution >= 4 is 0 Å². The van der Waals surface area contributed by atoms with E-state index in [9.17, 15) is 0 Å². The highest BCUT2D eigenvalue weighted by Gasteiger charge is 2.33. The van der Waals surface area contributed by atoms with Gasteiger partial charge < -0.3 is 0 Å². The van der Waals surface area contributed by atoms with Crippen molar-refractivity contribution in [1.82, 2.24) is 0 Å². The molecule has 0 spiro atoms. The summed E-state index contributed by atoms with van der Waals surface area (Å²) in [5, 5.41) is 0. The lowest BCUT2D eigenvalue weighted by Crippen LogP contribution is -2.29. The number of hydrogen-bond donors (Lipinski definition) is 0. The molecular weight excluding hydrogens is 276 g/mol. The summed E-state index contributed by atoms with van der Waals surface area (Å²) in [7, 11) is 0. The fraction of sp³-hybridized carbons (Fsp3) is 0.913. The lowest BCUT2D eigenvalue weighted by molar-refractivity contribution is 0.106. The van der Waals surface area contributed by atoms with Gasteiger partial charge in [-0.05, 0) is 113 Å². The molecule has 0 nitrogen and oxygen atoms in total. The van der Waals surface area contributed by atoms with Crippen molar-refractivity contribution in [1.29, 1.82) is 0 Å². The maximum atomic E-state index is 2.46. The average Bonchev–Trinajstić information content (AvgIpc) is 2.61. The largest absolute Gasteiger partial charge is 0.0917 e. The van der Waals surface area contributed by atoms with Gasteiger partial charge in [-0.1, -0.05) is 31.9 Å². The topological polar surface area (TPSA) is 0 Å². The van der Waals surface area contributed by atoms with Gasteiger partial charge in [-0.25, -0.2) is 0 Å². The fourth-order valence-corrected chi connectivity index (χ4v) is 6.07. The minimum Gasteiger partial charge on any atom is -0.0917 e. The van der Waals surface area contributed by atoms with E-state index in [1.807, 2.05) is 0 Å². The molecule has 0 atom stereocenters. The van der Waals surface area contributed by atoms with Crippen LogP contribution in [-0.4, -0.2) is 0 Å². The number of allylic oxidation sites excluding steroid dienone is 2. The molecule has 0 aliphatic heterocycles. The Hall–Kier alpha value is -0.260. The van der Waals surface area contributed by atoms with Crippen molar-refractivity contribution in [3.05, 3.63) is 12.2 Å². The van der Waals surface area contributed by atoms with Gasteiger partial charge in [0.05, 0.1) is 0 Å². The van der Waals surface area contributed by atoms with E-state index in [-0.39, 0.29) is 0 Å². The first-order chi connectivity index (χ1) is 11.3. The predicted octanol–water partition coefficient (Wildman–Crippen LogP) is 7.39. The molecule has 0 heteroatoms. The third-order valence-corrected chi connectivity index (χ3v) is 7.81. The molecule has 0 unspecified atom stereocenters.